The highest BCUT2D eigenvalue weighted by Crippen LogP contribution is 2.23. The minimum Gasteiger partial charge on any atom is -0.608 e. The number of hydroxylamine groups is 1. The maximum atomic E-state index is 14.2. The highest BCUT2D eigenvalue weighted by Gasteiger charge is 2.35. The third-order valence-electron chi connectivity index (χ3n) is 7.18. The number of fused-ring (bicyclic) bond motifs is 1. The van der Waals surface area contributed by atoms with Gasteiger partial charge >= 0.3 is 5.69 Å². The van der Waals surface area contributed by atoms with Gasteiger partial charge in [-0.1, -0.05) is 6.07 Å². The van der Waals surface area contributed by atoms with Gasteiger partial charge in [0.2, 0.25) is 0 Å². The van der Waals surface area contributed by atoms with Crippen molar-refractivity contribution in [2.45, 2.75) is 77.4 Å². The number of nitrogens with one attached hydrogen (secondary N) is 3. The van der Waals surface area contributed by atoms with Crippen LogP contribution in [-0.4, -0.2) is 26.3 Å². The average molecular weight is 513 g/mol. The van der Waals surface area contributed by atoms with Gasteiger partial charge in [-0.3, -0.25) is 24.4 Å². The summed E-state index contributed by atoms with van der Waals surface area (Å²) < 4.78 is 17.0. The van der Waals surface area contributed by atoms with Crippen LogP contribution in [-0.2, 0) is 19.5 Å². The maximum Gasteiger partial charge on any atom is 0.331 e. The zero-order chi connectivity index (χ0) is 26.7. The molecule has 2 unspecified atom stereocenters. The fourth-order valence-corrected chi connectivity index (χ4v) is 5.28. The molecule has 11 heteroatoms. The van der Waals surface area contributed by atoms with E-state index in [0.717, 1.165) is 6.42 Å². The smallest absolute Gasteiger partial charge is 0.331 e. The number of nitrogens with two attached hydrogens (primary N) is 1. The Morgan fingerprint density at radius 3 is 2.68 bits per heavy atom. The summed E-state index contributed by atoms with van der Waals surface area (Å²) in [6.45, 7) is 4.35. The average Bonchev–Trinajstić information content (AvgIpc) is 3.34. The predicted molar refractivity (Wildman–Crippen MR) is 137 cm³/mol. The van der Waals surface area contributed by atoms with Crippen molar-refractivity contribution < 1.29 is 14.7 Å². The molecule has 1 fully saturated rings. The van der Waals surface area contributed by atoms with E-state index in [0.29, 0.717) is 54.7 Å². The van der Waals surface area contributed by atoms with Crippen LogP contribution in [0.15, 0.2) is 33.5 Å². The van der Waals surface area contributed by atoms with E-state index in [9.17, 15) is 24.3 Å². The molecular formula is C26H33FN6O4. The van der Waals surface area contributed by atoms with Gasteiger partial charge in [-0.25, -0.2) is 14.6 Å². The molecule has 0 saturated heterocycles. The number of aromatic nitrogens is 2. The van der Waals surface area contributed by atoms with Crippen molar-refractivity contribution in [3.63, 3.8) is 0 Å². The third-order valence-corrected chi connectivity index (χ3v) is 7.18. The Balaban J connectivity index is 1.49. The van der Waals surface area contributed by atoms with Gasteiger partial charge in [0.05, 0.1) is 22.9 Å². The van der Waals surface area contributed by atoms with E-state index in [1.165, 1.54) is 16.7 Å². The Hall–Kier alpha value is -3.43. The van der Waals surface area contributed by atoms with Gasteiger partial charge in [-0.2, -0.15) is 0 Å². The van der Waals surface area contributed by atoms with Gasteiger partial charge in [0, 0.05) is 31.2 Å². The summed E-state index contributed by atoms with van der Waals surface area (Å²) in [6, 6.07) is 5.66. The fraction of sp³-hybridized carbons (Fsp3) is 0.462. The van der Waals surface area contributed by atoms with Crippen LogP contribution in [0.5, 0.6) is 0 Å². The standard InChI is InChI=1S/C26H33FN6O4/c1-3-31-22-11-10-18(15-19(22)25(35)32(4-2)26(31)36)30-33(37)23-7-5-6-21(23)29-24(34)17-9-8-16(12-13-28)20(27)14-17/h8-9,14-15,21,23-24,29-30,33-34H,3-7,10-11,28H2,1-2H3/t21-,23+,24?/m0/s1. The van der Waals surface area contributed by atoms with E-state index in [2.05, 4.69) is 22.7 Å². The van der Waals surface area contributed by atoms with Gasteiger partial charge in [0.15, 0.2) is 0 Å². The second-order valence-electron chi connectivity index (χ2n) is 9.32. The van der Waals surface area contributed by atoms with E-state index in [4.69, 9.17) is 5.73 Å². The van der Waals surface area contributed by atoms with Crippen LogP contribution in [0.3, 0.4) is 0 Å². The number of aliphatic hydroxyl groups is 1. The topological polar surface area (TPSA) is 142 Å². The Kier molecular flexibility index (Phi) is 8.14. The van der Waals surface area contributed by atoms with Crippen molar-refractivity contribution in [3.8, 4) is 12.0 Å². The van der Waals surface area contributed by atoms with Gasteiger partial charge in [0.1, 0.15) is 18.1 Å². The fourth-order valence-electron chi connectivity index (χ4n) is 5.28. The molecular weight excluding hydrogens is 479 g/mol. The third kappa shape index (κ3) is 5.33. The van der Waals surface area contributed by atoms with E-state index in [1.54, 1.807) is 23.6 Å². The van der Waals surface area contributed by atoms with E-state index < -0.39 is 18.1 Å². The Morgan fingerprint density at radius 2 is 2.00 bits per heavy atom. The van der Waals surface area contributed by atoms with Gasteiger partial charge in [-0.05, 0) is 69.2 Å². The van der Waals surface area contributed by atoms with Crippen molar-refractivity contribution in [3.05, 3.63) is 78.1 Å². The largest absolute Gasteiger partial charge is 0.608 e. The molecule has 1 heterocycles. The van der Waals surface area contributed by atoms with Gasteiger partial charge in [-0.15, -0.1) is 0 Å². The minimum atomic E-state index is -1.16. The highest BCUT2D eigenvalue weighted by molar-refractivity contribution is 5.56. The normalized spacial score (nSPS) is 20.4. The molecule has 198 valence electrons. The Bertz CT molecular complexity index is 1370. The molecule has 0 spiro atoms. The zero-order valence-corrected chi connectivity index (χ0v) is 21.0. The molecule has 0 bridgehead atoms. The number of hydrogen-bond donors (Lipinski definition) is 5. The number of benzene rings is 1. The molecule has 2 aliphatic carbocycles. The maximum absolute atomic E-state index is 14.2. The van der Waals surface area contributed by atoms with Crippen molar-refractivity contribution in [2.75, 3.05) is 0 Å². The second-order valence-corrected chi connectivity index (χ2v) is 9.32. The van der Waals surface area contributed by atoms with Crippen LogP contribution < -0.4 is 32.9 Å². The number of nitrogens with zero attached hydrogens (tertiary/aromatic N) is 2. The van der Waals surface area contributed by atoms with Gasteiger partial charge in [0.25, 0.3) is 5.56 Å². The first-order valence-electron chi connectivity index (χ1n) is 12.6. The summed E-state index contributed by atoms with van der Waals surface area (Å²) >= 11 is 0. The summed E-state index contributed by atoms with van der Waals surface area (Å²) in [5, 5.41) is 26.7. The lowest BCUT2D eigenvalue weighted by atomic mass is 10.0. The van der Waals surface area contributed by atoms with Crippen LogP contribution in [0.4, 0.5) is 4.39 Å². The molecule has 1 saturated carbocycles. The first-order chi connectivity index (χ1) is 17.8. The minimum absolute atomic E-state index is 0.139. The molecule has 0 radical (unpaired) electrons. The number of aliphatic hydroxyl groups excluding tert-OH is 1. The summed E-state index contributed by atoms with van der Waals surface area (Å²) in [5.41, 5.74) is 9.68. The van der Waals surface area contributed by atoms with Crippen LogP contribution in [0.1, 0.15) is 68.1 Å². The van der Waals surface area contributed by atoms with Crippen LogP contribution in [0.25, 0.3) is 6.08 Å². The molecule has 1 aromatic heterocycles. The lowest BCUT2D eigenvalue weighted by molar-refractivity contribution is -0.917. The number of hydrogen-bond acceptors (Lipinski definition) is 7. The van der Waals surface area contributed by atoms with Crippen molar-refractivity contribution in [1.29, 1.82) is 0 Å². The molecule has 6 N–H and O–H groups in total. The lowest BCUT2D eigenvalue weighted by Gasteiger charge is -2.35. The second kappa shape index (κ2) is 11.3. The van der Waals surface area contributed by atoms with E-state index in [1.807, 2.05) is 6.92 Å². The van der Waals surface area contributed by atoms with Crippen LogP contribution >= 0.6 is 0 Å². The van der Waals surface area contributed by atoms with E-state index >= 15 is 0 Å². The number of allylic oxidation sites excluding steroid dienone is 1. The number of halogens is 1. The number of quaternary nitrogens is 1. The molecule has 1 aromatic carbocycles. The lowest BCUT2D eigenvalue weighted by Crippen LogP contribution is -3.18. The molecule has 4 rings (SSSR count). The molecule has 2 aliphatic rings. The summed E-state index contributed by atoms with van der Waals surface area (Å²) in [5.74, 6) is 1.87. The Labute approximate surface area is 214 Å². The molecule has 0 aliphatic heterocycles. The van der Waals surface area contributed by atoms with Crippen LogP contribution in [0.2, 0.25) is 0 Å². The van der Waals surface area contributed by atoms with Crippen molar-refractivity contribution in [1.82, 2.24) is 19.9 Å². The summed E-state index contributed by atoms with van der Waals surface area (Å²) in [4.78, 5) is 25.5. The predicted octanol–water partition coefficient (Wildman–Crippen LogP) is -0.167. The number of rotatable bonds is 8. The zero-order valence-electron chi connectivity index (χ0n) is 21.0. The summed E-state index contributed by atoms with van der Waals surface area (Å²) in [6.07, 6.45) is 3.61. The molecule has 37 heavy (non-hydrogen) atoms. The SMILES string of the molecule is CCn1c2c(c(=O)n(CC)c1=O)C=C(N[NH+]([O-])[C@@H]1CCC[C@@H]1NC(O)c1ccc(C#CN)c(F)c1)CC2. The monoisotopic (exact) mass is 512 g/mol. The first kappa shape index (κ1) is 26.6. The van der Waals surface area contributed by atoms with Crippen molar-refractivity contribution in [2.24, 2.45) is 5.73 Å². The van der Waals surface area contributed by atoms with Crippen molar-refractivity contribution >= 4 is 6.08 Å². The van der Waals surface area contributed by atoms with Gasteiger partial charge < -0.3 is 16.0 Å². The quantitative estimate of drug-likeness (QED) is 0.143. The van der Waals surface area contributed by atoms with Crippen LogP contribution in [0, 0.1) is 23.0 Å². The molecule has 10 nitrogen and oxygen atoms in total. The first-order valence-corrected chi connectivity index (χ1v) is 12.6. The Morgan fingerprint density at radius 1 is 1.24 bits per heavy atom. The molecule has 4 atom stereocenters. The van der Waals surface area contributed by atoms with E-state index in [-0.39, 0.29) is 34.6 Å². The molecule has 2 aromatic rings. The highest BCUT2D eigenvalue weighted by atomic mass is 19.1. The summed E-state index contributed by atoms with van der Waals surface area (Å²) in [7, 11) is 0. The molecule has 0 amide bonds.